The largest absolute Gasteiger partial charge is 0.483 e. The lowest BCUT2D eigenvalue weighted by Crippen LogP contribution is -2.52. The zero-order chi connectivity index (χ0) is 39.0. The molecule has 0 atom stereocenters. The molecule has 6 N–H and O–H groups in total. The van der Waals surface area contributed by atoms with Crippen LogP contribution < -0.4 is 21.7 Å². The van der Waals surface area contributed by atoms with Crippen LogP contribution in [-0.2, 0) is 22.8 Å². The number of halogens is 4. The molecule has 288 valence electrons. The van der Waals surface area contributed by atoms with E-state index in [2.05, 4.69) is 36.0 Å². The topological polar surface area (TPSA) is 219 Å². The number of nitrogens with two attached hydrogens (primary N) is 1. The van der Waals surface area contributed by atoms with Crippen LogP contribution in [-0.4, -0.2) is 121 Å². The maximum atomic E-state index is 14.1. The van der Waals surface area contributed by atoms with Crippen LogP contribution >= 0.6 is 11.6 Å². The Morgan fingerprint density at radius 1 is 1.04 bits per heavy atom. The third-order valence-electron chi connectivity index (χ3n) is 8.79. The van der Waals surface area contributed by atoms with Crippen LogP contribution in [0.25, 0.3) is 17.2 Å². The Hall–Kier alpha value is -5.60. The number of carbonyl (C=O) groups is 4. The van der Waals surface area contributed by atoms with E-state index in [9.17, 15) is 27.6 Å². The Morgan fingerprint density at radius 3 is 2.30 bits per heavy atom. The van der Waals surface area contributed by atoms with E-state index in [1.54, 1.807) is 4.90 Å². The van der Waals surface area contributed by atoms with E-state index in [4.69, 9.17) is 27.2 Å². The van der Waals surface area contributed by atoms with Crippen LogP contribution in [0, 0.1) is 5.92 Å². The van der Waals surface area contributed by atoms with Crippen LogP contribution in [0.2, 0.25) is 5.02 Å². The lowest BCUT2D eigenvalue weighted by Gasteiger charge is -2.37. The third-order valence-corrected chi connectivity index (χ3v) is 9.10. The summed E-state index contributed by atoms with van der Waals surface area (Å²) in [6.07, 6.45) is 1.82. The Balaban J connectivity index is 0.00000181. The first-order chi connectivity index (χ1) is 25.9. The summed E-state index contributed by atoms with van der Waals surface area (Å²) < 4.78 is 44.4. The minimum absolute atomic E-state index is 0.00755. The van der Waals surface area contributed by atoms with Gasteiger partial charge < -0.3 is 41.2 Å². The van der Waals surface area contributed by atoms with Crippen molar-refractivity contribution in [1.29, 1.82) is 0 Å². The fourth-order valence-electron chi connectivity index (χ4n) is 6.07. The number of anilines is 2. The van der Waals surface area contributed by atoms with Gasteiger partial charge in [0.15, 0.2) is 11.5 Å². The third kappa shape index (κ3) is 9.12. The number of amides is 3. The molecule has 6 rings (SSSR count). The maximum Gasteiger partial charge on any atom is 0.435 e. The molecule has 2 aliphatic heterocycles. The number of piperazine rings is 1. The molecule has 0 radical (unpaired) electrons. The Kier molecular flexibility index (Phi) is 12.8. The van der Waals surface area contributed by atoms with Crippen molar-refractivity contribution in [2.24, 2.45) is 18.7 Å². The maximum absolute atomic E-state index is 14.1. The molecule has 2 saturated heterocycles. The second-order valence-electron chi connectivity index (χ2n) is 12.2. The molecule has 2 fully saturated rings. The lowest BCUT2D eigenvalue weighted by atomic mass is 9.96. The van der Waals surface area contributed by atoms with E-state index >= 15 is 0 Å². The number of hydrogen-bond acceptors (Lipinski definition) is 11. The summed E-state index contributed by atoms with van der Waals surface area (Å²) in [4.78, 5) is 63.5. The minimum Gasteiger partial charge on any atom is -0.483 e. The molecule has 2 aliphatic rings. The molecule has 0 spiro atoms. The quantitative estimate of drug-likeness (QED) is 0.155. The molecule has 5 heterocycles. The normalized spacial score (nSPS) is 14.9. The summed E-state index contributed by atoms with van der Waals surface area (Å²) in [6.45, 7) is 3.83. The standard InChI is InChI=1S/C32H36ClF3N12O3.CH2O2/c1-45-25(23-18-48(44-26(23)32(34,35)36)31-41-15-21(16-42-31)39-9-6-37)17-40-27(45)28(49)43-20-2-3-22(24(33)14-20)30(51)47-12-10-46(11-13-47)29(50)19-4-7-38-8-5-19;2-1-3/h2-3,14-19,38-39H,4-13,37H2,1H3,(H,43,49);1H,(H,2,3). The molecule has 54 heavy (non-hydrogen) atoms. The van der Waals surface area contributed by atoms with Gasteiger partial charge in [0, 0.05) is 64.1 Å². The highest BCUT2D eigenvalue weighted by Crippen LogP contribution is 2.37. The van der Waals surface area contributed by atoms with Crippen molar-refractivity contribution in [3.63, 3.8) is 0 Å². The van der Waals surface area contributed by atoms with Gasteiger partial charge in [-0.15, -0.1) is 0 Å². The molecule has 4 aromatic rings. The fraction of sp³-hybridized carbons (Fsp3) is 0.394. The average molecular weight is 775 g/mol. The predicted octanol–water partition coefficient (Wildman–Crippen LogP) is 2.34. The number of benzene rings is 1. The van der Waals surface area contributed by atoms with Gasteiger partial charge in [-0.3, -0.25) is 19.2 Å². The molecule has 3 amide bonds. The zero-order valence-electron chi connectivity index (χ0n) is 29.0. The highest BCUT2D eigenvalue weighted by atomic mass is 35.5. The Bertz CT molecular complexity index is 1960. The number of nitrogens with zero attached hydrogens (tertiary/aromatic N) is 8. The Labute approximate surface area is 311 Å². The molecule has 0 unspecified atom stereocenters. The summed E-state index contributed by atoms with van der Waals surface area (Å²) in [5.41, 5.74) is 4.90. The van der Waals surface area contributed by atoms with E-state index in [0.29, 0.717) is 45.0 Å². The summed E-state index contributed by atoms with van der Waals surface area (Å²) >= 11 is 6.49. The first-order valence-electron chi connectivity index (χ1n) is 16.8. The van der Waals surface area contributed by atoms with Crippen molar-refractivity contribution in [3.05, 3.63) is 65.1 Å². The van der Waals surface area contributed by atoms with Gasteiger partial charge in [0.1, 0.15) is 0 Å². The fourth-order valence-corrected chi connectivity index (χ4v) is 6.33. The number of alkyl halides is 3. The molecule has 0 bridgehead atoms. The van der Waals surface area contributed by atoms with E-state index in [-0.39, 0.29) is 63.5 Å². The highest BCUT2D eigenvalue weighted by molar-refractivity contribution is 6.34. The molecule has 0 saturated carbocycles. The van der Waals surface area contributed by atoms with Gasteiger partial charge >= 0.3 is 6.18 Å². The minimum atomic E-state index is -4.84. The number of carbonyl (C=O) groups excluding carboxylic acids is 3. The molecular formula is C33H38ClF3N12O5. The van der Waals surface area contributed by atoms with Crippen LogP contribution in [0.1, 0.15) is 39.5 Å². The van der Waals surface area contributed by atoms with Gasteiger partial charge in [0.05, 0.1) is 46.1 Å². The monoisotopic (exact) mass is 774 g/mol. The number of carboxylic acid groups (broad SMARTS) is 1. The van der Waals surface area contributed by atoms with Gasteiger partial charge in [-0.1, -0.05) is 11.6 Å². The molecule has 21 heteroatoms. The summed E-state index contributed by atoms with van der Waals surface area (Å²) in [6, 6.07) is 4.40. The van der Waals surface area contributed by atoms with Crippen LogP contribution in [0.15, 0.2) is 43.0 Å². The number of rotatable bonds is 9. The molecule has 17 nitrogen and oxygen atoms in total. The van der Waals surface area contributed by atoms with E-state index in [1.165, 1.54) is 42.2 Å². The van der Waals surface area contributed by atoms with Crippen LogP contribution in [0.3, 0.4) is 0 Å². The van der Waals surface area contributed by atoms with Crippen LogP contribution in [0.4, 0.5) is 24.5 Å². The Morgan fingerprint density at radius 2 is 1.69 bits per heavy atom. The number of nitrogens with one attached hydrogen (secondary N) is 3. The van der Waals surface area contributed by atoms with E-state index in [1.807, 2.05) is 4.90 Å². The first-order valence-corrected chi connectivity index (χ1v) is 17.2. The molecule has 1 aromatic carbocycles. The second-order valence-corrected chi connectivity index (χ2v) is 12.7. The highest BCUT2D eigenvalue weighted by Gasteiger charge is 2.39. The average Bonchev–Trinajstić information content (AvgIpc) is 3.79. The van der Waals surface area contributed by atoms with Crippen molar-refractivity contribution < 1.29 is 37.5 Å². The van der Waals surface area contributed by atoms with Gasteiger partial charge in [-0.05, 0) is 44.1 Å². The number of hydrogen-bond donors (Lipinski definition) is 5. The first kappa shape index (κ1) is 39.6. The smallest absolute Gasteiger partial charge is 0.435 e. The summed E-state index contributed by atoms with van der Waals surface area (Å²) in [5, 5.41) is 19.6. The van der Waals surface area contributed by atoms with Gasteiger partial charge in [0.2, 0.25) is 5.91 Å². The van der Waals surface area contributed by atoms with Crippen molar-refractivity contribution in [2.45, 2.75) is 19.0 Å². The van der Waals surface area contributed by atoms with Crippen molar-refractivity contribution in [1.82, 2.24) is 44.4 Å². The van der Waals surface area contributed by atoms with Crippen LogP contribution in [0.5, 0.6) is 0 Å². The van der Waals surface area contributed by atoms with Crippen molar-refractivity contribution in [2.75, 3.05) is 63.0 Å². The SMILES string of the molecule is Cn1c(-c2cn(-c3ncc(NCCN)cn3)nc2C(F)(F)F)cnc1C(=O)Nc1ccc(C(=O)N2CCN(C(=O)C3CCNCC3)CC2)c(Cl)c1.O=CO. The number of aromatic nitrogens is 6. The molecule has 0 aliphatic carbocycles. The van der Waals surface area contributed by atoms with Gasteiger partial charge in [-0.25, -0.2) is 19.6 Å². The summed E-state index contributed by atoms with van der Waals surface area (Å²) in [5.74, 6) is -1.18. The predicted molar refractivity (Wildman–Crippen MR) is 190 cm³/mol. The second kappa shape index (κ2) is 17.5. The lowest BCUT2D eigenvalue weighted by molar-refractivity contribution is -0.141. The van der Waals surface area contributed by atoms with Crippen molar-refractivity contribution in [3.8, 4) is 17.2 Å². The summed E-state index contributed by atoms with van der Waals surface area (Å²) in [7, 11) is 1.40. The molecule has 3 aromatic heterocycles. The number of imidazole rings is 1. The van der Waals surface area contributed by atoms with E-state index < -0.39 is 17.8 Å². The molecular weight excluding hydrogens is 737 g/mol. The van der Waals surface area contributed by atoms with Gasteiger partial charge in [-0.2, -0.15) is 18.3 Å². The van der Waals surface area contributed by atoms with Crippen molar-refractivity contribution >= 4 is 47.2 Å². The zero-order valence-corrected chi connectivity index (χ0v) is 29.8. The number of piperidine rings is 1. The van der Waals surface area contributed by atoms with Gasteiger partial charge in [0.25, 0.3) is 24.2 Å². The van der Waals surface area contributed by atoms with E-state index in [0.717, 1.165) is 43.0 Å².